The van der Waals surface area contributed by atoms with E-state index >= 15 is 0 Å². The summed E-state index contributed by atoms with van der Waals surface area (Å²) >= 11 is 9.65. The zero-order valence-corrected chi connectivity index (χ0v) is 18.8. The fourth-order valence-corrected chi connectivity index (χ4v) is 6.34. The first-order valence-electron chi connectivity index (χ1n) is 9.09. The molecule has 1 saturated heterocycles. The lowest BCUT2D eigenvalue weighted by Gasteiger charge is -2.34. The summed E-state index contributed by atoms with van der Waals surface area (Å²) in [5.74, 6) is -0.120. The summed E-state index contributed by atoms with van der Waals surface area (Å²) in [7, 11) is -1.83. The highest BCUT2D eigenvalue weighted by Gasteiger charge is 2.33. The number of hydrogen-bond donors (Lipinski definition) is 0. The van der Waals surface area contributed by atoms with Gasteiger partial charge >= 0.3 is 0 Å². The zero-order chi connectivity index (χ0) is 20.8. The number of benzene rings is 2. The van der Waals surface area contributed by atoms with Crippen LogP contribution < -0.4 is 0 Å². The third-order valence-corrected chi connectivity index (χ3v) is 8.43. The van der Waals surface area contributed by atoms with Crippen LogP contribution in [0.2, 0.25) is 5.02 Å². The van der Waals surface area contributed by atoms with Gasteiger partial charge in [0.15, 0.2) is 0 Å². The molecule has 9 heteroatoms. The SMILES string of the molecule is Cn1c(C(=O)N2CCN(S(=O)(=O)c3ccccc3Cl)CC2)c(Br)c2ccccc21. The predicted octanol–water partition coefficient (Wildman–Crippen LogP) is 3.74. The van der Waals surface area contributed by atoms with Gasteiger partial charge in [-0.1, -0.05) is 41.9 Å². The maximum atomic E-state index is 13.2. The molecule has 0 aliphatic carbocycles. The van der Waals surface area contributed by atoms with Crippen molar-refractivity contribution in [1.82, 2.24) is 13.8 Å². The first-order chi connectivity index (χ1) is 13.8. The third-order valence-electron chi connectivity index (χ3n) is 5.23. The van der Waals surface area contributed by atoms with E-state index in [1.54, 1.807) is 23.1 Å². The quantitative estimate of drug-likeness (QED) is 0.555. The lowest BCUT2D eigenvalue weighted by atomic mass is 10.2. The lowest BCUT2D eigenvalue weighted by Crippen LogP contribution is -2.50. The molecule has 0 saturated carbocycles. The highest BCUT2D eigenvalue weighted by atomic mass is 79.9. The third kappa shape index (κ3) is 3.48. The summed E-state index contributed by atoms with van der Waals surface area (Å²) in [5, 5.41) is 1.17. The van der Waals surface area contributed by atoms with Gasteiger partial charge in [-0.15, -0.1) is 0 Å². The number of para-hydroxylation sites is 1. The second kappa shape index (κ2) is 7.75. The Balaban J connectivity index is 1.55. The fraction of sp³-hybridized carbons (Fsp3) is 0.250. The predicted molar refractivity (Wildman–Crippen MR) is 117 cm³/mol. The molecule has 0 spiro atoms. The average molecular weight is 497 g/mol. The molecule has 4 rings (SSSR count). The van der Waals surface area contributed by atoms with Crippen LogP contribution in [0.4, 0.5) is 0 Å². The molecule has 2 aromatic carbocycles. The number of piperazine rings is 1. The van der Waals surface area contributed by atoms with Gasteiger partial charge in [0, 0.05) is 44.1 Å². The second-order valence-corrected chi connectivity index (χ2v) is 9.97. The van der Waals surface area contributed by atoms with Crippen LogP contribution in [-0.2, 0) is 17.1 Å². The molecule has 2 heterocycles. The number of hydrogen-bond acceptors (Lipinski definition) is 3. The van der Waals surface area contributed by atoms with Crippen molar-refractivity contribution >= 4 is 54.4 Å². The van der Waals surface area contributed by atoms with Gasteiger partial charge in [-0.05, 0) is 34.1 Å². The molecule has 1 aliphatic heterocycles. The highest BCUT2D eigenvalue weighted by molar-refractivity contribution is 9.10. The van der Waals surface area contributed by atoms with Gasteiger partial charge < -0.3 is 9.47 Å². The minimum Gasteiger partial charge on any atom is -0.339 e. The lowest BCUT2D eigenvalue weighted by molar-refractivity contribution is 0.0688. The van der Waals surface area contributed by atoms with E-state index in [1.807, 2.05) is 35.9 Å². The van der Waals surface area contributed by atoms with Crippen LogP contribution in [0, 0.1) is 0 Å². The molecule has 6 nitrogen and oxygen atoms in total. The van der Waals surface area contributed by atoms with Crippen molar-refractivity contribution in [2.24, 2.45) is 7.05 Å². The molecule has 1 amide bonds. The molecule has 1 aromatic heterocycles. The van der Waals surface area contributed by atoms with Crippen LogP contribution in [0.15, 0.2) is 57.9 Å². The Labute approximate surface area is 182 Å². The fourth-order valence-electron chi connectivity index (χ4n) is 3.66. The highest BCUT2D eigenvalue weighted by Crippen LogP contribution is 2.31. The Morgan fingerprint density at radius 1 is 1.00 bits per heavy atom. The Morgan fingerprint density at radius 3 is 2.28 bits per heavy atom. The summed E-state index contributed by atoms with van der Waals surface area (Å²) in [6.45, 7) is 1.08. The van der Waals surface area contributed by atoms with Crippen LogP contribution in [-0.4, -0.2) is 54.3 Å². The molecule has 0 radical (unpaired) electrons. The number of aromatic nitrogens is 1. The number of carbonyl (C=O) groups excluding carboxylic acids is 1. The summed E-state index contributed by atoms with van der Waals surface area (Å²) < 4.78 is 29.8. The van der Waals surface area contributed by atoms with Crippen LogP contribution in [0.1, 0.15) is 10.5 Å². The topological polar surface area (TPSA) is 62.6 Å². The van der Waals surface area contributed by atoms with Gasteiger partial charge in [-0.3, -0.25) is 4.79 Å². The van der Waals surface area contributed by atoms with Crippen molar-refractivity contribution in [2.75, 3.05) is 26.2 Å². The van der Waals surface area contributed by atoms with Crippen LogP contribution in [0.25, 0.3) is 10.9 Å². The van der Waals surface area contributed by atoms with Gasteiger partial charge in [0.2, 0.25) is 10.0 Å². The van der Waals surface area contributed by atoms with Crippen LogP contribution in [0.3, 0.4) is 0 Å². The first-order valence-corrected chi connectivity index (χ1v) is 11.7. The van der Waals surface area contributed by atoms with Crippen molar-refractivity contribution in [3.05, 3.63) is 63.7 Å². The van der Waals surface area contributed by atoms with Crippen molar-refractivity contribution < 1.29 is 13.2 Å². The molecular weight excluding hydrogens is 478 g/mol. The average Bonchev–Trinajstić information content (AvgIpc) is 2.98. The van der Waals surface area contributed by atoms with E-state index < -0.39 is 10.0 Å². The molecule has 0 N–H and O–H groups in total. The van der Waals surface area contributed by atoms with E-state index in [-0.39, 0.29) is 28.9 Å². The number of amides is 1. The van der Waals surface area contributed by atoms with Gasteiger partial charge in [0.05, 0.1) is 9.50 Å². The molecule has 29 heavy (non-hydrogen) atoms. The molecule has 0 atom stereocenters. The van der Waals surface area contributed by atoms with E-state index in [0.717, 1.165) is 15.4 Å². The van der Waals surface area contributed by atoms with Gasteiger partial charge in [0.1, 0.15) is 10.6 Å². The van der Waals surface area contributed by atoms with Crippen LogP contribution in [0.5, 0.6) is 0 Å². The monoisotopic (exact) mass is 495 g/mol. The number of sulfonamides is 1. The smallest absolute Gasteiger partial charge is 0.271 e. The minimum atomic E-state index is -3.69. The van der Waals surface area contributed by atoms with Crippen molar-refractivity contribution in [2.45, 2.75) is 4.90 Å². The number of nitrogens with zero attached hydrogens (tertiary/aromatic N) is 3. The Morgan fingerprint density at radius 2 is 1.62 bits per heavy atom. The van der Waals surface area contributed by atoms with Crippen molar-refractivity contribution in [1.29, 1.82) is 0 Å². The van der Waals surface area contributed by atoms with Gasteiger partial charge in [0.25, 0.3) is 5.91 Å². The normalized spacial score (nSPS) is 15.8. The Hall–Kier alpha value is -1.87. The molecule has 0 unspecified atom stereocenters. The maximum absolute atomic E-state index is 13.2. The minimum absolute atomic E-state index is 0.0953. The molecule has 152 valence electrons. The van der Waals surface area contributed by atoms with E-state index in [0.29, 0.717) is 18.8 Å². The maximum Gasteiger partial charge on any atom is 0.271 e. The largest absolute Gasteiger partial charge is 0.339 e. The molecular formula is C20H19BrClN3O3S. The van der Waals surface area contributed by atoms with Gasteiger partial charge in [-0.25, -0.2) is 8.42 Å². The number of fused-ring (bicyclic) bond motifs is 1. The van der Waals surface area contributed by atoms with Crippen molar-refractivity contribution in [3.63, 3.8) is 0 Å². The van der Waals surface area contributed by atoms with Gasteiger partial charge in [-0.2, -0.15) is 4.31 Å². The van der Waals surface area contributed by atoms with Crippen LogP contribution >= 0.6 is 27.5 Å². The summed E-state index contributed by atoms with van der Waals surface area (Å²) in [6, 6.07) is 14.2. The van der Waals surface area contributed by atoms with Crippen molar-refractivity contribution in [3.8, 4) is 0 Å². The Bertz CT molecular complexity index is 1160. The summed E-state index contributed by atoms with van der Waals surface area (Å²) in [5.41, 5.74) is 1.52. The molecule has 1 aliphatic rings. The number of halogens is 2. The molecule has 3 aromatic rings. The van der Waals surface area contributed by atoms with E-state index in [2.05, 4.69) is 15.9 Å². The number of rotatable bonds is 3. The Kier molecular flexibility index (Phi) is 5.46. The number of carbonyl (C=O) groups is 1. The number of aryl methyl sites for hydroxylation is 1. The summed E-state index contributed by atoms with van der Waals surface area (Å²) in [4.78, 5) is 15.0. The van der Waals surface area contributed by atoms with E-state index in [9.17, 15) is 13.2 Å². The zero-order valence-electron chi connectivity index (χ0n) is 15.7. The van der Waals surface area contributed by atoms with E-state index in [1.165, 1.54) is 10.4 Å². The first kappa shape index (κ1) is 20.4. The van der Waals surface area contributed by atoms with E-state index in [4.69, 9.17) is 11.6 Å². The molecule has 0 bridgehead atoms. The summed E-state index contributed by atoms with van der Waals surface area (Å²) in [6.07, 6.45) is 0. The molecule has 1 fully saturated rings. The standard InChI is InChI=1S/C20H19BrClN3O3S/c1-23-16-8-4-2-6-14(16)18(21)19(23)20(26)24-10-12-25(13-11-24)29(27,28)17-9-5-3-7-15(17)22/h2-9H,10-13H2,1H3. The second-order valence-electron chi connectivity index (χ2n) is 6.87.